The SMILES string of the molecule is COc1ccc2c(c1)OC(CCNC(=O)CCCN1CCN(Cc3ccc(OC)c(OC)c3OC)CC1)[N+]2=O. The van der Waals surface area contributed by atoms with Gasteiger partial charge >= 0.3 is 11.9 Å². The van der Waals surface area contributed by atoms with Gasteiger partial charge in [-0.1, -0.05) is 6.07 Å². The number of nitrogens with zero attached hydrogens (tertiary/aromatic N) is 3. The molecule has 11 nitrogen and oxygen atoms in total. The lowest BCUT2D eigenvalue weighted by molar-refractivity contribution is -0.529. The van der Waals surface area contributed by atoms with Crippen molar-refractivity contribution in [2.75, 3.05) is 67.7 Å². The lowest BCUT2D eigenvalue weighted by Gasteiger charge is -2.35. The first-order chi connectivity index (χ1) is 19.0. The van der Waals surface area contributed by atoms with E-state index in [1.165, 1.54) is 0 Å². The summed E-state index contributed by atoms with van der Waals surface area (Å²) in [5.41, 5.74) is 1.54. The summed E-state index contributed by atoms with van der Waals surface area (Å²) >= 11 is 0. The van der Waals surface area contributed by atoms with Gasteiger partial charge in [0, 0.05) is 68.3 Å². The molecule has 0 spiro atoms. The van der Waals surface area contributed by atoms with Crippen LogP contribution in [0.5, 0.6) is 28.7 Å². The predicted octanol–water partition coefficient (Wildman–Crippen LogP) is 2.95. The Kier molecular flexibility index (Phi) is 9.83. The summed E-state index contributed by atoms with van der Waals surface area (Å²) in [6, 6.07) is 9.05. The molecule has 11 heteroatoms. The van der Waals surface area contributed by atoms with Crippen LogP contribution in [0.15, 0.2) is 30.3 Å². The van der Waals surface area contributed by atoms with E-state index in [0.29, 0.717) is 53.8 Å². The zero-order chi connectivity index (χ0) is 27.8. The molecule has 0 radical (unpaired) electrons. The van der Waals surface area contributed by atoms with Crippen LogP contribution in [0.2, 0.25) is 0 Å². The highest BCUT2D eigenvalue weighted by Gasteiger charge is 2.40. The molecular formula is C28H39N4O7+. The summed E-state index contributed by atoms with van der Waals surface area (Å²) < 4.78 is 28.3. The van der Waals surface area contributed by atoms with Crippen molar-refractivity contribution in [3.05, 3.63) is 40.8 Å². The highest BCUT2D eigenvalue weighted by Crippen LogP contribution is 2.40. The van der Waals surface area contributed by atoms with E-state index in [4.69, 9.17) is 23.7 Å². The molecule has 1 N–H and O–H groups in total. The molecule has 0 aromatic heterocycles. The minimum Gasteiger partial charge on any atom is -0.497 e. The van der Waals surface area contributed by atoms with Crippen LogP contribution < -0.4 is 29.0 Å². The predicted molar refractivity (Wildman–Crippen MR) is 145 cm³/mol. The van der Waals surface area contributed by atoms with Crippen LogP contribution in [0.4, 0.5) is 5.69 Å². The van der Waals surface area contributed by atoms with Crippen molar-refractivity contribution in [2.24, 2.45) is 0 Å². The van der Waals surface area contributed by atoms with Gasteiger partial charge in [0.05, 0.1) is 39.6 Å². The van der Waals surface area contributed by atoms with E-state index in [2.05, 4.69) is 15.1 Å². The molecule has 2 aliphatic heterocycles. The smallest absolute Gasteiger partial charge is 0.352 e. The third-order valence-corrected chi connectivity index (χ3v) is 7.17. The van der Waals surface area contributed by atoms with Gasteiger partial charge in [-0.15, -0.1) is 0 Å². The molecule has 39 heavy (non-hydrogen) atoms. The summed E-state index contributed by atoms with van der Waals surface area (Å²) in [5, 5.41) is 2.91. The highest BCUT2D eigenvalue weighted by molar-refractivity contribution is 5.75. The normalized spacial score (nSPS) is 17.3. The van der Waals surface area contributed by atoms with Crippen molar-refractivity contribution in [1.82, 2.24) is 15.1 Å². The first-order valence-corrected chi connectivity index (χ1v) is 13.3. The Hall–Kier alpha value is -3.57. The zero-order valence-corrected chi connectivity index (χ0v) is 23.2. The molecule has 2 aromatic carbocycles. The first-order valence-electron chi connectivity index (χ1n) is 13.3. The monoisotopic (exact) mass is 543 g/mol. The summed E-state index contributed by atoms with van der Waals surface area (Å²) in [7, 11) is 6.44. The van der Waals surface area contributed by atoms with Crippen LogP contribution in [0.25, 0.3) is 0 Å². The second kappa shape index (κ2) is 13.5. The van der Waals surface area contributed by atoms with Gasteiger partial charge in [0.15, 0.2) is 11.5 Å². The molecule has 0 saturated carbocycles. The van der Waals surface area contributed by atoms with E-state index < -0.39 is 6.23 Å². The lowest BCUT2D eigenvalue weighted by atomic mass is 10.1. The number of fused-ring (bicyclic) bond motifs is 1. The number of ether oxygens (including phenoxy) is 5. The third-order valence-electron chi connectivity index (χ3n) is 7.17. The number of amides is 1. The van der Waals surface area contributed by atoms with E-state index >= 15 is 0 Å². The number of carbonyl (C=O) groups is 1. The van der Waals surface area contributed by atoms with E-state index in [-0.39, 0.29) is 5.91 Å². The third kappa shape index (κ3) is 6.90. The fourth-order valence-electron chi connectivity index (χ4n) is 5.01. The summed E-state index contributed by atoms with van der Waals surface area (Å²) in [6.07, 6.45) is 0.989. The van der Waals surface area contributed by atoms with Crippen LogP contribution in [0.3, 0.4) is 0 Å². The molecule has 2 aliphatic rings. The van der Waals surface area contributed by atoms with Crippen molar-refractivity contribution in [1.29, 1.82) is 0 Å². The molecule has 0 bridgehead atoms. The van der Waals surface area contributed by atoms with Crippen molar-refractivity contribution < 1.29 is 33.2 Å². The molecule has 1 unspecified atom stereocenters. The fraction of sp³-hybridized carbons (Fsp3) is 0.536. The van der Waals surface area contributed by atoms with Crippen molar-refractivity contribution in [3.63, 3.8) is 0 Å². The van der Waals surface area contributed by atoms with E-state index in [0.717, 1.165) is 56.0 Å². The molecule has 2 aromatic rings. The second-order valence-electron chi connectivity index (χ2n) is 9.59. The number of nitroso groups, excluding NO2 is 1. The molecule has 212 valence electrons. The number of hydrogen-bond acceptors (Lipinski definition) is 9. The van der Waals surface area contributed by atoms with Gasteiger partial charge in [0.2, 0.25) is 17.4 Å². The number of nitrogens with one attached hydrogen (secondary N) is 1. The van der Waals surface area contributed by atoms with Gasteiger partial charge in [-0.05, 0) is 25.1 Å². The molecule has 1 saturated heterocycles. The minimum absolute atomic E-state index is 0.0104. The van der Waals surface area contributed by atoms with Crippen LogP contribution in [0, 0.1) is 4.91 Å². The largest absolute Gasteiger partial charge is 0.497 e. The summed E-state index contributed by atoms with van der Waals surface area (Å²) in [6.45, 7) is 5.78. The Morgan fingerprint density at radius 2 is 1.72 bits per heavy atom. The number of hydrogen-bond donors (Lipinski definition) is 1. The van der Waals surface area contributed by atoms with Gasteiger partial charge in [0.25, 0.3) is 0 Å². The Balaban J connectivity index is 1.12. The number of piperazine rings is 1. The maximum Gasteiger partial charge on any atom is 0.352 e. The number of methoxy groups -OCH3 is 4. The van der Waals surface area contributed by atoms with Gasteiger partial charge in [-0.25, -0.2) is 0 Å². The second-order valence-corrected chi connectivity index (χ2v) is 9.59. The maximum atomic E-state index is 12.4. The minimum atomic E-state index is -0.650. The summed E-state index contributed by atoms with van der Waals surface area (Å²) in [4.78, 5) is 29.6. The van der Waals surface area contributed by atoms with Crippen LogP contribution >= 0.6 is 0 Å². The van der Waals surface area contributed by atoms with E-state index in [1.807, 2.05) is 12.1 Å². The Morgan fingerprint density at radius 3 is 2.41 bits per heavy atom. The van der Waals surface area contributed by atoms with Crippen molar-refractivity contribution in [3.8, 4) is 28.7 Å². The lowest BCUT2D eigenvalue weighted by Crippen LogP contribution is -2.46. The topological polar surface area (TPSA) is 102 Å². The Morgan fingerprint density at radius 1 is 0.974 bits per heavy atom. The molecule has 0 aliphatic carbocycles. The number of rotatable bonds is 13. The maximum absolute atomic E-state index is 12.4. The van der Waals surface area contributed by atoms with Gasteiger partial charge in [0.1, 0.15) is 5.75 Å². The number of benzene rings is 2. The zero-order valence-electron chi connectivity index (χ0n) is 23.2. The molecule has 1 fully saturated rings. The van der Waals surface area contributed by atoms with Crippen LogP contribution in [-0.4, -0.2) is 94.4 Å². The van der Waals surface area contributed by atoms with Gasteiger partial charge < -0.3 is 33.9 Å². The van der Waals surface area contributed by atoms with E-state index in [9.17, 15) is 9.70 Å². The average molecular weight is 544 g/mol. The quantitative estimate of drug-likeness (QED) is 0.382. The highest BCUT2D eigenvalue weighted by atomic mass is 16.5. The van der Waals surface area contributed by atoms with E-state index in [1.54, 1.807) is 46.6 Å². The first kappa shape index (κ1) is 28.4. The van der Waals surface area contributed by atoms with Gasteiger partial charge in [-0.3, -0.25) is 9.69 Å². The fourth-order valence-corrected chi connectivity index (χ4v) is 5.01. The molecule has 2 heterocycles. The molecule has 4 rings (SSSR count). The Labute approximate surface area is 229 Å². The molecule has 1 atom stereocenters. The van der Waals surface area contributed by atoms with Crippen LogP contribution in [-0.2, 0) is 11.3 Å². The van der Waals surface area contributed by atoms with Crippen molar-refractivity contribution in [2.45, 2.75) is 32.0 Å². The Bertz CT molecular complexity index is 1150. The molecule has 1 amide bonds. The summed E-state index contributed by atoms with van der Waals surface area (Å²) in [5.74, 6) is 3.10. The number of carbonyl (C=O) groups excluding carboxylic acids is 1. The molecular weight excluding hydrogens is 504 g/mol. The van der Waals surface area contributed by atoms with Crippen molar-refractivity contribution >= 4 is 11.6 Å². The van der Waals surface area contributed by atoms with Crippen LogP contribution in [0.1, 0.15) is 24.8 Å². The standard InChI is InChI=1S/C28H38N4O7/c1-35-21-8-9-22-24(18-21)39-26(32(22)34)11-12-29-25(33)6-5-13-30-14-16-31(17-15-30)19-20-7-10-23(36-2)28(38-4)27(20)37-3/h7-10,18,26H,5-6,11-17,19H2,1-4H3/p+1. The van der Waals surface area contributed by atoms with Gasteiger partial charge in [-0.2, -0.15) is 0 Å². The average Bonchev–Trinajstić information content (AvgIpc) is 3.27.